The van der Waals surface area contributed by atoms with Crippen LogP contribution in [0.5, 0.6) is 17.2 Å². The summed E-state index contributed by atoms with van der Waals surface area (Å²) in [5.74, 6) is 1.66. The number of phenols is 1. The summed E-state index contributed by atoms with van der Waals surface area (Å²) >= 11 is 6.97. The fourth-order valence-electron chi connectivity index (χ4n) is 1.85. The summed E-state index contributed by atoms with van der Waals surface area (Å²) in [6.45, 7) is 2.93. The number of benzene rings is 2. The molecule has 0 radical (unpaired) electrons. The summed E-state index contributed by atoms with van der Waals surface area (Å²) in [5.41, 5.74) is 2.09. The van der Waals surface area contributed by atoms with Gasteiger partial charge in [-0.05, 0) is 58.2 Å². The topological polar surface area (TPSA) is 38.7 Å². The van der Waals surface area contributed by atoms with Gasteiger partial charge in [0.2, 0.25) is 0 Å². The molecule has 0 aromatic heterocycles. The summed E-state index contributed by atoms with van der Waals surface area (Å²) < 4.78 is 12.4. The lowest BCUT2D eigenvalue weighted by Crippen LogP contribution is -2.01. The zero-order valence-electron chi connectivity index (χ0n) is 11.6. The van der Waals surface area contributed by atoms with Gasteiger partial charge in [-0.3, -0.25) is 0 Å². The van der Waals surface area contributed by atoms with E-state index in [1.54, 1.807) is 12.1 Å². The number of hydrogen-bond acceptors (Lipinski definition) is 3. The van der Waals surface area contributed by atoms with Crippen LogP contribution in [-0.4, -0.2) is 11.7 Å². The predicted octanol–water partition coefficient (Wildman–Crippen LogP) is 5.03. The Balaban J connectivity index is 2.19. The van der Waals surface area contributed by atoms with E-state index in [1.807, 2.05) is 31.2 Å². The van der Waals surface area contributed by atoms with E-state index in [-0.39, 0.29) is 5.75 Å². The van der Waals surface area contributed by atoms with Gasteiger partial charge < -0.3 is 14.6 Å². The fourth-order valence-corrected chi connectivity index (χ4v) is 2.78. The Bertz CT molecular complexity index is 597. The van der Waals surface area contributed by atoms with E-state index in [9.17, 15) is 5.11 Å². The van der Waals surface area contributed by atoms with Crippen LogP contribution in [0.3, 0.4) is 0 Å². The molecule has 0 heterocycles. The Morgan fingerprint density at radius 3 is 2.38 bits per heavy atom. The first-order valence-electron chi connectivity index (χ1n) is 6.56. The fraction of sp³-hybridized carbons (Fsp3) is 0.250. The van der Waals surface area contributed by atoms with Gasteiger partial charge in [0, 0.05) is 5.33 Å². The van der Waals surface area contributed by atoms with Gasteiger partial charge in [0.25, 0.3) is 0 Å². The van der Waals surface area contributed by atoms with Crippen molar-refractivity contribution in [2.24, 2.45) is 0 Å². The van der Waals surface area contributed by atoms with Crippen molar-refractivity contribution >= 4 is 31.9 Å². The van der Waals surface area contributed by atoms with Gasteiger partial charge in [-0.1, -0.05) is 28.1 Å². The van der Waals surface area contributed by atoms with Crippen molar-refractivity contribution in [1.29, 1.82) is 0 Å². The average molecular weight is 416 g/mol. The molecule has 112 valence electrons. The second-order valence-electron chi connectivity index (χ2n) is 4.43. The van der Waals surface area contributed by atoms with Crippen molar-refractivity contribution in [3.8, 4) is 17.2 Å². The summed E-state index contributed by atoms with van der Waals surface area (Å²) in [6.07, 6.45) is 0. The van der Waals surface area contributed by atoms with Gasteiger partial charge in [0.1, 0.15) is 12.4 Å². The number of phenolic OH excluding ortho intramolecular Hbond substituents is 1. The minimum Gasteiger partial charge on any atom is -0.508 e. The highest BCUT2D eigenvalue weighted by Crippen LogP contribution is 2.38. The molecule has 0 atom stereocenters. The molecule has 0 unspecified atom stereocenters. The molecule has 0 aliphatic carbocycles. The van der Waals surface area contributed by atoms with E-state index in [4.69, 9.17) is 9.47 Å². The van der Waals surface area contributed by atoms with E-state index in [1.165, 1.54) is 0 Å². The van der Waals surface area contributed by atoms with Crippen molar-refractivity contribution in [2.75, 3.05) is 6.61 Å². The van der Waals surface area contributed by atoms with Gasteiger partial charge in [-0.25, -0.2) is 0 Å². The molecule has 3 nitrogen and oxygen atoms in total. The molecule has 2 aromatic rings. The molecule has 5 heteroatoms. The highest BCUT2D eigenvalue weighted by atomic mass is 79.9. The molecule has 0 spiro atoms. The van der Waals surface area contributed by atoms with E-state index in [0.717, 1.165) is 26.7 Å². The Morgan fingerprint density at radius 1 is 1.05 bits per heavy atom. The maximum absolute atomic E-state index is 9.29. The first-order valence-corrected chi connectivity index (χ1v) is 8.47. The van der Waals surface area contributed by atoms with E-state index >= 15 is 0 Å². The molecular formula is C16H16Br2O3. The van der Waals surface area contributed by atoms with Gasteiger partial charge in [-0.2, -0.15) is 0 Å². The van der Waals surface area contributed by atoms with Crippen molar-refractivity contribution in [2.45, 2.75) is 18.9 Å². The number of alkyl halides is 1. The molecule has 0 aliphatic rings. The quantitative estimate of drug-likeness (QED) is 0.672. The lowest BCUT2D eigenvalue weighted by molar-refractivity contribution is 0.267. The molecule has 0 amide bonds. The molecule has 1 N–H and O–H groups in total. The molecule has 2 aromatic carbocycles. The minimum atomic E-state index is 0.247. The highest BCUT2D eigenvalue weighted by molar-refractivity contribution is 9.10. The van der Waals surface area contributed by atoms with Gasteiger partial charge in [0.05, 0.1) is 11.1 Å². The average Bonchev–Trinajstić information content (AvgIpc) is 2.48. The Morgan fingerprint density at radius 2 is 1.76 bits per heavy atom. The predicted molar refractivity (Wildman–Crippen MR) is 90.4 cm³/mol. The monoisotopic (exact) mass is 414 g/mol. The van der Waals surface area contributed by atoms with Crippen LogP contribution in [0.4, 0.5) is 0 Å². The van der Waals surface area contributed by atoms with E-state index in [0.29, 0.717) is 19.0 Å². The minimum absolute atomic E-state index is 0.247. The van der Waals surface area contributed by atoms with Crippen LogP contribution in [-0.2, 0) is 11.9 Å². The summed E-state index contributed by atoms with van der Waals surface area (Å²) in [6, 6.07) is 10.9. The van der Waals surface area contributed by atoms with Gasteiger partial charge in [0.15, 0.2) is 11.5 Å². The molecule has 0 bridgehead atoms. The smallest absolute Gasteiger partial charge is 0.175 e. The molecular weight excluding hydrogens is 400 g/mol. The maximum atomic E-state index is 9.29. The second kappa shape index (κ2) is 7.71. The van der Waals surface area contributed by atoms with Crippen molar-refractivity contribution in [3.63, 3.8) is 0 Å². The van der Waals surface area contributed by atoms with Crippen molar-refractivity contribution in [3.05, 3.63) is 52.0 Å². The van der Waals surface area contributed by atoms with Crippen LogP contribution in [0.1, 0.15) is 18.1 Å². The molecule has 0 fully saturated rings. The van der Waals surface area contributed by atoms with E-state index in [2.05, 4.69) is 31.9 Å². The molecule has 0 aliphatic heterocycles. The SMILES string of the molecule is CCOc1cc(CBr)cc(Br)c1OCc1ccc(O)cc1. The van der Waals surface area contributed by atoms with E-state index < -0.39 is 0 Å². The Hall–Kier alpha value is -1.20. The molecule has 0 saturated heterocycles. The number of ether oxygens (including phenoxy) is 2. The highest BCUT2D eigenvalue weighted by Gasteiger charge is 2.12. The normalized spacial score (nSPS) is 10.4. The van der Waals surface area contributed by atoms with Crippen molar-refractivity contribution in [1.82, 2.24) is 0 Å². The summed E-state index contributed by atoms with van der Waals surface area (Å²) in [5, 5.41) is 10.0. The van der Waals surface area contributed by atoms with Crippen molar-refractivity contribution < 1.29 is 14.6 Å². The third-order valence-corrected chi connectivity index (χ3v) is 4.08. The number of halogens is 2. The maximum Gasteiger partial charge on any atom is 0.175 e. The first kappa shape index (κ1) is 16.2. The van der Waals surface area contributed by atoms with Crippen LogP contribution in [0.25, 0.3) is 0 Å². The van der Waals surface area contributed by atoms with Crippen LogP contribution in [0.2, 0.25) is 0 Å². The van der Waals surface area contributed by atoms with Crippen LogP contribution in [0, 0.1) is 0 Å². The van der Waals surface area contributed by atoms with Crippen LogP contribution >= 0.6 is 31.9 Å². The second-order valence-corrected chi connectivity index (χ2v) is 5.84. The summed E-state index contributed by atoms with van der Waals surface area (Å²) in [4.78, 5) is 0. The first-order chi connectivity index (χ1) is 10.1. The number of aromatic hydroxyl groups is 1. The molecule has 21 heavy (non-hydrogen) atoms. The Labute approximate surface area is 141 Å². The zero-order chi connectivity index (χ0) is 15.2. The lowest BCUT2D eigenvalue weighted by Gasteiger charge is -2.15. The third kappa shape index (κ3) is 4.38. The van der Waals surface area contributed by atoms with Crippen LogP contribution in [0.15, 0.2) is 40.9 Å². The lowest BCUT2D eigenvalue weighted by atomic mass is 10.2. The number of rotatable bonds is 6. The summed E-state index contributed by atoms with van der Waals surface area (Å²) in [7, 11) is 0. The Kier molecular flexibility index (Phi) is 5.94. The molecule has 0 saturated carbocycles. The zero-order valence-corrected chi connectivity index (χ0v) is 14.8. The van der Waals surface area contributed by atoms with Crippen LogP contribution < -0.4 is 9.47 Å². The number of hydrogen-bond donors (Lipinski definition) is 1. The van der Waals surface area contributed by atoms with Gasteiger partial charge in [-0.15, -0.1) is 0 Å². The molecule has 2 rings (SSSR count). The van der Waals surface area contributed by atoms with Gasteiger partial charge >= 0.3 is 0 Å². The third-order valence-electron chi connectivity index (χ3n) is 2.84. The largest absolute Gasteiger partial charge is 0.508 e. The standard InChI is InChI=1S/C16H16Br2O3/c1-2-20-15-8-12(9-17)7-14(18)16(15)21-10-11-3-5-13(19)6-4-11/h3-8,19H,2,9-10H2,1H3.